The van der Waals surface area contributed by atoms with E-state index in [4.69, 9.17) is 0 Å². The fraction of sp³-hybridized carbons (Fsp3) is 0.625. The highest BCUT2D eigenvalue weighted by molar-refractivity contribution is 5.28. The van der Waals surface area contributed by atoms with Crippen LogP contribution in [0.2, 0.25) is 0 Å². The molecule has 24 heavy (non-hydrogen) atoms. The number of hydrogen-bond donors (Lipinski definition) is 1. The third-order valence-corrected chi connectivity index (χ3v) is 4.57. The molecule has 8 heteroatoms. The van der Waals surface area contributed by atoms with Gasteiger partial charge in [-0.1, -0.05) is 5.21 Å². The van der Waals surface area contributed by atoms with E-state index in [0.717, 1.165) is 44.0 Å². The van der Waals surface area contributed by atoms with Gasteiger partial charge < -0.3 is 4.90 Å². The second-order valence-electron chi connectivity index (χ2n) is 6.55. The summed E-state index contributed by atoms with van der Waals surface area (Å²) in [4.78, 5) is 23.5. The van der Waals surface area contributed by atoms with E-state index < -0.39 is 0 Å². The van der Waals surface area contributed by atoms with Crippen molar-refractivity contribution in [2.24, 2.45) is 0 Å². The highest BCUT2D eigenvalue weighted by Crippen LogP contribution is 2.27. The van der Waals surface area contributed by atoms with Crippen molar-refractivity contribution in [3.8, 4) is 0 Å². The lowest BCUT2D eigenvalue weighted by Crippen LogP contribution is -2.24. The Balaban J connectivity index is 1.74. The summed E-state index contributed by atoms with van der Waals surface area (Å²) in [6, 6.07) is 1.63. The maximum absolute atomic E-state index is 11.9. The monoisotopic (exact) mass is 331 g/mol. The summed E-state index contributed by atoms with van der Waals surface area (Å²) < 4.78 is 1.96. The quantitative estimate of drug-likeness (QED) is 0.870. The third-order valence-electron chi connectivity index (χ3n) is 4.57. The van der Waals surface area contributed by atoms with Crippen LogP contribution in [-0.2, 0) is 13.1 Å². The third kappa shape index (κ3) is 3.33. The molecule has 130 valence electrons. The van der Waals surface area contributed by atoms with Gasteiger partial charge in [-0.15, -0.1) is 5.10 Å². The molecule has 3 heterocycles. The Bertz CT molecular complexity index is 764. The smallest absolute Gasteiger partial charge is 0.252 e. The van der Waals surface area contributed by atoms with Crippen LogP contribution in [0.25, 0.3) is 0 Å². The summed E-state index contributed by atoms with van der Waals surface area (Å²) in [6.45, 7) is 7.64. The molecule has 1 fully saturated rings. The minimum Gasteiger partial charge on any atom is -0.348 e. The number of likely N-dealkylation sites (tertiary alicyclic amines) is 1. The number of aryl methyl sites for hydroxylation is 2. The first-order valence-electron chi connectivity index (χ1n) is 8.37. The summed E-state index contributed by atoms with van der Waals surface area (Å²) in [5.74, 6) is 0.900. The zero-order valence-electron chi connectivity index (χ0n) is 14.8. The second-order valence-corrected chi connectivity index (χ2v) is 6.55. The molecule has 3 rings (SSSR count). The Kier molecular flexibility index (Phi) is 4.66. The molecule has 1 aliphatic heterocycles. The van der Waals surface area contributed by atoms with Crippen molar-refractivity contribution in [3.63, 3.8) is 0 Å². The van der Waals surface area contributed by atoms with Gasteiger partial charge in [-0.3, -0.25) is 14.7 Å². The molecular weight excluding hydrogens is 306 g/mol. The molecule has 1 unspecified atom stereocenters. The van der Waals surface area contributed by atoms with Crippen molar-refractivity contribution < 1.29 is 0 Å². The zero-order valence-corrected chi connectivity index (χ0v) is 14.8. The molecule has 1 saturated heterocycles. The molecule has 0 amide bonds. The van der Waals surface area contributed by atoms with Gasteiger partial charge in [0.25, 0.3) is 5.56 Å². The van der Waals surface area contributed by atoms with E-state index in [1.165, 1.54) is 5.69 Å². The van der Waals surface area contributed by atoms with Crippen LogP contribution in [0.1, 0.15) is 36.3 Å². The normalized spacial score (nSPS) is 18.2. The number of hydrogen-bond acceptors (Lipinski definition) is 6. The minimum atomic E-state index is -0.0914. The molecule has 0 bridgehead atoms. The molecule has 0 aliphatic carbocycles. The van der Waals surface area contributed by atoms with Crippen molar-refractivity contribution in [2.45, 2.75) is 39.3 Å². The molecule has 0 spiro atoms. The number of nitrogens with zero attached hydrogens (tertiary/aromatic N) is 6. The van der Waals surface area contributed by atoms with Crippen LogP contribution < -0.4 is 10.5 Å². The molecule has 8 nitrogen and oxygen atoms in total. The van der Waals surface area contributed by atoms with Gasteiger partial charge in [-0.25, -0.2) is 9.67 Å². The maximum atomic E-state index is 11.9. The van der Waals surface area contributed by atoms with Crippen molar-refractivity contribution in [1.82, 2.24) is 29.9 Å². The topological polar surface area (TPSA) is 82.9 Å². The fourth-order valence-electron chi connectivity index (χ4n) is 3.18. The molecule has 0 aromatic carbocycles. The number of aromatic amines is 1. The zero-order chi connectivity index (χ0) is 17.3. The number of anilines is 1. The Morgan fingerprint density at radius 2 is 2.21 bits per heavy atom. The molecule has 2 aromatic heterocycles. The molecule has 0 saturated carbocycles. The van der Waals surface area contributed by atoms with Gasteiger partial charge in [-0.05, 0) is 26.8 Å². The molecule has 1 atom stereocenters. The van der Waals surface area contributed by atoms with E-state index in [1.807, 2.05) is 30.6 Å². The van der Waals surface area contributed by atoms with Gasteiger partial charge in [0, 0.05) is 45.7 Å². The first kappa shape index (κ1) is 16.6. The predicted octanol–water partition coefficient (Wildman–Crippen LogP) is 0.745. The fourth-order valence-corrected chi connectivity index (χ4v) is 3.18. The van der Waals surface area contributed by atoms with Gasteiger partial charge in [-0.2, -0.15) is 0 Å². The van der Waals surface area contributed by atoms with Crippen molar-refractivity contribution in [2.75, 3.05) is 32.1 Å². The van der Waals surface area contributed by atoms with Gasteiger partial charge in [0.05, 0.1) is 17.1 Å². The summed E-state index contributed by atoms with van der Waals surface area (Å²) >= 11 is 0. The Morgan fingerprint density at radius 3 is 2.92 bits per heavy atom. The predicted molar refractivity (Wildman–Crippen MR) is 92.3 cm³/mol. The van der Waals surface area contributed by atoms with E-state index in [-0.39, 0.29) is 11.5 Å². The largest absolute Gasteiger partial charge is 0.348 e. The SMILES string of the molecule is CCn1nnc(C)c1CN1CCC(c2cc(=O)[nH]c(N(C)C)n2)C1. The highest BCUT2D eigenvalue weighted by Gasteiger charge is 2.27. The van der Waals surface area contributed by atoms with E-state index in [9.17, 15) is 4.79 Å². The summed E-state index contributed by atoms with van der Waals surface area (Å²) in [6.07, 6.45) is 1.01. The van der Waals surface area contributed by atoms with Gasteiger partial charge in [0.15, 0.2) is 0 Å². The van der Waals surface area contributed by atoms with E-state index in [2.05, 4.69) is 32.1 Å². The number of rotatable bonds is 5. The first-order valence-corrected chi connectivity index (χ1v) is 8.37. The molecule has 2 aromatic rings. The number of aromatic nitrogens is 5. The molecule has 1 aliphatic rings. The molecule has 1 N–H and O–H groups in total. The molecule has 0 radical (unpaired) electrons. The summed E-state index contributed by atoms with van der Waals surface area (Å²) in [5.41, 5.74) is 2.95. The minimum absolute atomic E-state index is 0.0914. The lowest BCUT2D eigenvalue weighted by atomic mass is 10.1. The van der Waals surface area contributed by atoms with Crippen molar-refractivity contribution in [3.05, 3.63) is 33.5 Å². The van der Waals surface area contributed by atoms with E-state index >= 15 is 0 Å². The van der Waals surface area contributed by atoms with Crippen LogP contribution in [0, 0.1) is 6.92 Å². The average Bonchev–Trinajstić information content (AvgIpc) is 3.15. The Labute approximate surface area is 141 Å². The summed E-state index contributed by atoms with van der Waals surface area (Å²) in [7, 11) is 3.76. The second kappa shape index (κ2) is 6.72. The Hall–Kier alpha value is -2.22. The molecular formula is C16H25N7O. The van der Waals surface area contributed by atoms with E-state index in [0.29, 0.717) is 5.95 Å². The van der Waals surface area contributed by atoms with Crippen LogP contribution >= 0.6 is 0 Å². The first-order chi connectivity index (χ1) is 11.5. The Morgan fingerprint density at radius 1 is 1.42 bits per heavy atom. The lowest BCUT2D eigenvalue weighted by Gasteiger charge is -2.17. The van der Waals surface area contributed by atoms with Gasteiger partial charge in [0.1, 0.15) is 0 Å². The van der Waals surface area contributed by atoms with Gasteiger partial charge in [0.2, 0.25) is 5.95 Å². The average molecular weight is 331 g/mol. The van der Waals surface area contributed by atoms with Crippen LogP contribution in [-0.4, -0.2) is 57.0 Å². The highest BCUT2D eigenvalue weighted by atomic mass is 16.1. The van der Waals surface area contributed by atoms with E-state index in [1.54, 1.807) is 6.07 Å². The number of nitrogens with one attached hydrogen (secondary N) is 1. The van der Waals surface area contributed by atoms with Gasteiger partial charge >= 0.3 is 0 Å². The van der Waals surface area contributed by atoms with Crippen molar-refractivity contribution in [1.29, 1.82) is 0 Å². The van der Waals surface area contributed by atoms with Crippen LogP contribution in [0.5, 0.6) is 0 Å². The summed E-state index contributed by atoms with van der Waals surface area (Å²) in [5, 5.41) is 8.34. The maximum Gasteiger partial charge on any atom is 0.252 e. The standard InChI is InChI=1S/C16H25N7O/c1-5-23-14(11(2)19-20-23)10-22-7-6-12(9-22)13-8-15(24)18-16(17-13)21(3)4/h8,12H,5-7,9-10H2,1-4H3,(H,17,18,24). The van der Waals surface area contributed by atoms with Crippen LogP contribution in [0.15, 0.2) is 10.9 Å². The van der Waals surface area contributed by atoms with Crippen LogP contribution in [0.3, 0.4) is 0 Å². The van der Waals surface area contributed by atoms with Crippen molar-refractivity contribution >= 4 is 5.95 Å². The lowest BCUT2D eigenvalue weighted by molar-refractivity contribution is 0.313. The number of H-pyrrole nitrogens is 1. The van der Waals surface area contributed by atoms with Crippen LogP contribution in [0.4, 0.5) is 5.95 Å².